The maximum absolute atomic E-state index is 9.12. The van der Waals surface area contributed by atoms with E-state index >= 15 is 0 Å². The maximum atomic E-state index is 9.12. The Hall–Kier alpha value is -1.31. The third kappa shape index (κ3) is 2.92. The fourth-order valence-corrected chi connectivity index (χ4v) is 3.03. The molecule has 0 atom stereocenters. The molecule has 1 N–H and O–H groups in total. The molecule has 0 saturated carbocycles. The Kier molecular flexibility index (Phi) is 4.40. The van der Waals surface area contributed by atoms with Gasteiger partial charge in [-0.3, -0.25) is 0 Å². The topological polar surface area (TPSA) is 35.8 Å². The number of nitriles is 1. The summed E-state index contributed by atoms with van der Waals surface area (Å²) in [5.41, 5.74) is 1.53. The summed E-state index contributed by atoms with van der Waals surface area (Å²) in [5.74, 6) is 0. The van der Waals surface area contributed by atoms with Crippen molar-refractivity contribution in [3.8, 4) is 6.07 Å². The Bertz CT molecular complexity index is 584. The summed E-state index contributed by atoms with van der Waals surface area (Å²) >= 11 is 5.20. The maximum Gasteiger partial charge on any atom is 0.103 e. The Morgan fingerprint density at radius 2 is 2.06 bits per heavy atom. The minimum Gasteiger partial charge on any atom is -0.379 e. The average molecular weight is 321 g/mol. The molecule has 0 spiro atoms. The molecule has 2 aromatic rings. The molecule has 2 nitrogen and oxygen atoms in total. The molecule has 2 rings (SSSR count). The largest absolute Gasteiger partial charge is 0.379 e. The highest BCUT2D eigenvalue weighted by Gasteiger charge is 2.06. The van der Waals surface area contributed by atoms with E-state index in [1.54, 1.807) is 0 Å². The third-order valence-electron chi connectivity index (χ3n) is 2.64. The van der Waals surface area contributed by atoms with Gasteiger partial charge in [0.25, 0.3) is 0 Å². The Morgan fingerprint density at radius 3 is 2.72 bits per heavy atom. The molecule has 0 aliphatic carbocycles. The van der Waals surface area contributed by atoms with Crippen molar-refractivity contribution in [3.63, 3.8) is 0 Å². The van der Waals surface area contributed by atoms with Crippen molar-refractivity contribution in [3.05, 3.63) is 50.1 Å². The first-order valence-corrected chi connectivity index (χ1v) is 7.35. The lowest BCUT2D eigenvalue weighted by atomic mass is 10.2. The lowest BCUT2D eigenvalue weighted by Gasteiger charge is -2.07. The summed E-state index contributed by atoms with van der Waals surface area (Å²) in [7, 11) is 0. The van der Waals surface area contributed by atoms with Crippen LogP contribution in [0.15, 0.2) is 34.8 Å². The van der Waals surface area contributed by atoms with Crippen LogP contribution < -0.4 is 5.32 Å². The molecule has 0 amide bonds. The van der Waals surface area contributed by atoms with Crippen LogP contribution in [0.3, 0.4) is 0 Å². The van der Waals surface area contributed by atoms with Gasteiger partial charge in [0.1, 0.15) is 6.07 Å². The molecule has 0 unspecified atom stereocenters. The van der Waals surface area contributed by atoms with Gasteiger partial charge < -0.3 is 5.32 Å². The number of hydrogen-bond donors (Lipinski definition) is 1. The van der Waals surface area contributed by atoms with Crippen LogP contribution in [0.2, 0.25) is 0 Å². The molecule has 1 heterocycles. The van der Waals surface area contributed by atoms with Gasteiger partial charge >= 0.3 is 0 Å². The monoisotopic (exact) mass is 320 g/mol. The number of aryl methyl sites for hydroxylation is 1. The van der Waals surface area contributed by atoms with Gasteiger partial charge in [-0.2, -0.15) is 5.26 Å². The quantitative estimate of drug-likeness (QED) is 0.896. The number of nitrogens with zero attached hydrogens (tertiary/aromatic N) is 1. The van der Waals surface area contributed by atoms with Gasteiger partial charge in [-0.15, -0.1) is 11.3 Å². The third-order valence-corrected chi connectivity index (χ3v) is 4.53. The summed E-state index contributed by atoms with van der Waals surface area (Å²) in [6.45, 7) is 2.92. The minimum atomic E-state index is 0.657. The molecule has 1 aromatic carbocycles. The molecule has 92 valence electrons. The van der Waals surface area contributed by atoms with Crippen molar-refractivity contribution in [2.24, 2.45) is 0 Å². The first-order chi connectivity index (χ1) is 8.74. The molecular formula is C14H13BrN2S. The van der Waals surface area contributed by atoms with Crippen molar-refractivity contribution in [1.29, 1.82) is 5.26 Å². The van der Waals surface area contributed by atoms with E-state index in [-0.39, 0.29) is 0 Å². The fraction of sp³-hybridized carbons (Fsp3) is 0.214. The van der Waals surface area contributed by atoms with Crippen LogP contribution in [0.4, 0.5) is 5.69 Å². The highest BCUT2D eigenvalue weighted by atomic mass is 79.9. The molecule has 1 aromatic heterocycles. The zero-order valence-corrected chi connectivity index (χ0v) is 12.4. The van der Waals surface area contributed by atoms with E-state index in [1.165, 1.54) is 9.75 Å². The number of thiophene rings is 1. The summed E-state index contributed by atoms with van der Waals surface area (Å²) < 4.78 is 0.829. The zero-order chi connectivity index (χ0) is 13.0. The van der Waals surface area contributed by atoms with E-state index in [0.717, 1.165) is 23.1 Å². The first kappa shape index (κ1) is 13.1. The number of halogens is 1. The van der Waals surface area contributed by atoms with Crippen LogP contribution in [0.25, 0.3) is 0 Å². The van der Waals surface area contributed by atoms with Gasteiger partial charge in [-0.05, 0) is 46.6 Å². The van der Waals surface area contributed by atoms with Crippen LogP contribution in [0.5, 0.6) is 0 Å². The van der Waals surface area contributed by atoms with E-state index in [9.17, 15) is 0 Å². The number of hydrogen-bond acceptors (Lipinski definition) is 3. The average Bonchev–Trinajstić information content (AvgIpc) is 2.84. The Balaban J connectivity index is 2.11. The number of rotatable bonds is 4. The van der Waals surface area contributed by atoms with Gasteiger partial charge in [0.2, 0.25) is 0 Å². The molecule has 0 fully saturated rings. The summed E-state index contributed by atoms with van der Waals surface area (Å²) in [5, 5.41) is 12.4. The van der Waals surface area contributed by atoms with E-state index in [0.29, 0.717) is 5.56 Å². The van der Waals surface area contributed by atoms with Crippen molar-refractivity contribution >= 4 is 33.0 Å². The molecule has 0 radical (unpaired) electrons. The second kappa shape index (κ2) is 6.03. The van der Waals surface area contributed by atoms with E-state index < -0.39 is 0 Å². The first-order valence-electron chi connectivity index (χ1n) is 5.74. The van der Waals surface area contributed by atoms with Gasteiger partial charge in [0.05, 0.1) is 11.3 Å². The van der Waals surface area contributed by atoms with Gasteiger partial charge in [-0.1, -0.05) is 13.0 Å². The second-order valence-corrected chi connectivity index (χ2v) is 5.96. The Labute approximate surface area is 119 Å². The fourth-order valence-electron chi connectivity index (χ4n) is 1.67. The lowest BCUT2D eigenvalue weighted by Crippen LogP contribution is -1.99. The molecule has 0 aliphatic rings. The molecule has 0 saturated heterocycles. The van der Waals surface area contributed by atoms with Crippen LogP contribution in [-0.2, 0) is 13.0 Å². The molecule has 0 aliphatic heterocycles. The minimum absolute atomic E-state index is 0.657. The summed E-state index contributed by atoms with van der Waals surface area (Å²) in [6, 6.07) is 12.2. The summed E-state index contributed by atoms with van der Waals surface area (Å²) in [6.07, 6.45) is 1.07. The lowest BCUT2D eigenvalue weighted by molar-refractivity contribution is 1.18. The van der Waals surface area contributed by atoms with E-state index in [4.69, 9.17) is 5.26 Å². The van der Waals surface area contributed by atoms with Crippen molar-refractivity contribution in [2.45, 2.75) is 19.9 Å². The standard InChI is InChI=1S/C14H13BrN2S/c1-2-10-6-7-11(18-10)9-17-14-5-3-4-13(15)12(14)8-16/h3-7,17H,2,9H2,1H3. The van der Waals surface area contributed by atoms with E-state index in [1.807, 2.05) is 29.5 Å². The molecule has 4 heteroatoms. The van der Waals surface area contributed by atoms with Crippen molar-refractivity contribution in [1.82, 2.24) is 0 Å². The van der Waals surface area contributed by atoms with Gasteiger partial charge in [-0.25, -0.2) is 0 Å². The SMILES string of the molecule is CCc1ccc(CNc2cccc(Br)c2C#N)s1. The number of anilines is 1. The number of nitrogens with one attached hydrogen (secondary N) is 1. The molecular weight excluding hydrogens is 308 g/mol. The van der Waals surface area contributed by atoms with Gasteiger partial charge in [0, 0.05) is 20.8 Å². The highest BCUT2D eigenvalue weighted by Crippen LogP contribution is 2.25. The summed E-state index contributed by atoms with van der Waals surface area (Å²) in [4.78, 5) is 2.68. The zero-order valence-electron chi connectivity index (χ0n) is 10.0. The van der Waals surface area contributed by atoms with E-state index in [2.05, 4.69) is 46.4 Å². The Morgan fingerprint density at radius 1 is 1.28 bits per heavy atom. The second-order valence-electron chi connectivity index (χ2n) is 3.85. The highest BCUT2D eigenvalue weighted by molar-refractivity contribution is 9.10. The smallest absolute Gasteiger partial charge is 0.103 e. The van der Waals surface area contributed by atoms with Crippen molar-refractivity contribution < 1.29 is 0 Å². The predicted octanol–water partition coefficient (Wildman–Crippen LogP) is 4.56. The van der Waals surface area contributed by atoms with Gasteiger partial charge in [0.15, 0.2) is 0 Å². The predicted molar refractivity (Wildman–Crippen MR) is 79.9 cm³/mol. The van der Waals surface area contributed by atoms with Crippen molar-refractivity contribution in [2.75, 3.05) is 5.32 Å². The molecule has 0 bridgehead atoms. The van der Waals surface area contributed by atoms with Crippen LogP contribution in [0, 0.1) is 11.3 Å². The van der Waals surface area contributed by atoms with Crippen LogP contribution >= 0.6 is 27.3 Å². The number of benzene rings is 1. The molecule has 18 heavy (non-hydrogen) atoms. The van der Waals surface area contributed by atoms with Crippen LogP contribution in [0.1, 0.15) is 22.2 Å². The normalized spacial score (nSPS) is 10.1. The van der Waals surface area contributed by atoms with Crippen LogP contribution in [-0.4, -0.2) is 0 Å².